The number of hydrogen-bond donors (Lipinski definition) is 2. The fraction of sp³-hybridized carbons (Fsp3) is 0.417. The first-order valence-electron chi connectivity index (χ1n) is 5.30. The molecule has 0 fully saturated rings. The highest BCUT2D eigenvalue weighted by molar-refractivity contribution is 5.73. The van der Waals surface area contributed by atoms with Crippen LogP contribution in [0.25, 0.3) is 0 Å². The summed E-state index contributed by atoms with van der Waals surface area (Å²) in [6.45, 7) is 0. The van der Waals surface area contributed by atoms with Crippen molar-refractivity contribution >= 4 is 5.97 Å². The molecule has 0 aliphatic heterocycles. The SMILES string of the molecule is COc1cc(OC)c(OC)cc1CC(N)C(=O)O. The average molecular weight is 255 g/mol. The summed E-state index contributed by atoms with van der Waals surface area (Å²) < 4.78 is 15.5. The van der Waals surface area contributed by atoms with Gasteiger partial charge in [-0.05, 0) is 6.07 Å². The van der Waals surface area contributed by atoms with Crippen LogP contribution >= 0.6 is 0 Å². The van der Waals surface area contributed by atoms with Crippen molar-refractivity contribution in [1.82, 2.24) is 0 Å². The molecule has 0 saturated heterocycles. The minimum Gasteiger partial charge on any atom is -0.496 e. The second-order valence-electron chi connectivity index (χ2n) is 3.67. The maximum absolute atomic E-state index is 10.8. The second kappa shape index (κ2) is 6.11. The molecule has 0 bridgehead atoms. The van der Waals surface area contributed by atoms with Gasteiger partial charge in [-0.25, -0.2) is 0 Å². The third kappa shape index (κ3) is 3.04. The average Bonchev–Trinajstić information content (AvgIpc) is 2.37. The first-order valence-corrected chi connectivity index (χ1v) is 5.30. The lowest BCUT2D eigenvalue weighted by atomic mass is 10.0. The van der Waals surface area contributed by atoms with Gasteiger partial charge in [0.05, 0.1) is 21.3 Å². The van der Waals surface area contributed by atoms with Gasteiger partial charge in [0.2, 0.25) is 0 Å². The molecule has 1 unspecified atom stereocenters. The number of nitrogens with two attached hydrogens (primary N) is 1. The highest BCUT2D eigenvalue weighted by Gasteiger charge is 2.18. The molecule has 0 spiro atoms. The van der Waals surface area contributed by atoms with Crippen molar-refractivity contribution in [2.75, 3.05) is 21.3 Å². The summed E-state index contributed by atoms with van der Waals surface area (Å²) in [5, 5.41) is 8.81. The quantitative estimate of drug-likeness (QED) is 0.776. The number of hydrogen-bond acceptors (Lipinski definition) is 5. The molecule has 1 rings (SSSR count). The van der Waals surface area contributed by atoms with E-state index in [1.165, 1.54) is 21.3 Å². The van der Waals surface area contributed by atoms with Gasteiger partial charge >= 0.3 is 5.97 Å². The maximum atomic E-state index is 10.8. The van der Waals surface area contributed by atoms with Gasteiger partial charge in [0.15, 0.2) is 11.5 Å². The van der Waals surface area contributed by atoms with Crippen molar-refractivity contribution in [3.05, 3.63) is 17.7 Å². The highest BCUT2D eigenvalue weighted by Crippen LogP contribution is 2.35. The largest absolute Gasteiger partial charge is 0.496 e. The Balaban J connectivity index is 3.13. The van der Waals surface area contributed by atoms with E-state index < -0.39 is 12.0 Å². The number of carbonyl (C=O) groups is 1. The number of rotatable bonds is 6. The molecule has 1 aromatic carbocycles. The maximum Gasteiger partial charge on any atom is 0.320 e. The fourth-order valence-electron chi connectivity index (χ4n) is 1.58. The lowest BCUT2D eigenvalue weighted by molar-refractivity contribution is -0.138. The molecule has 3 N–H and O–H groups in total. The summed E-state index contributed by atoms with van der Waals surface area (Å²) >= 11 is 0. The van der Waals surface area contributed by atoms with Crippen LogP contribution in [0.1, 0.15) is 5.56 Å². The topological polar surface area (TPSA) is 91.0 Å². The van der Waals surface area contributed by atoms with Gasteiger partial charge in [-0.1, -0.05) is 0 Å². The molecule has 6 heteroatoms. The summed E-state index contributed by atoms with van der Waals surface area (Å²) in [7, 11) is 4.52. The predicted molar refractivity (Wildman–Crippen MR) is 65.4 cm³/mol. The zero-order valence-corrected chi connectivity index (χ0v) is 10.6. The molecule has 1 atom stereocenters. The number of methoxy groups -OCH3 is 3. The van der Waals surface area contributed by atoms with Crippen LogP contribution in [0.4, 0.5) is 0 Å². The molecule has 0 heterocycles. The molecular weight excluding hydrogens is 238 g/mol. The van der Waals surface area contributed by atoms with Crippen molar-refractivity contribution in [3.63, 3.8) is 0 Å². The summed E-state index contributed by atoms with van der Waals surface area (Å²) in [6, 6.07) is 2.32. The lowest BCUT2D eigenvalue weighted by Gasteiger charge is -2.15. The summed E-state index contributed by atoms with van der Waals surface area (Å²) in [4.78, 5) is 10.8. The zero-order valence-electron chi connectivity index (χ0n) is 10.6. The molecule has 0 aromatic heterocycles. The van der Waals surface area contributed by atoms with Crippen molar-refractivity contribution in [1.29, 1.82) is 0 Å². The van der Waals surface area contributed by atoms with E-state index in [-0.39, 0.29) is 6.42 Å². The minimum atomic E-state index is -1.06. The van der Waals surface area contributed by atoms with E-state index in [2.05, 4.69) is 0 Å². The lowest BCUT2D eigenvalue weighted by Crippen LogP contribution is -2.32. The van der Waals surface area contributed by atoms with Gasteiger partial charge in [0.1, 0.15) is 11.8 Å². The molecule has 0 radical (unpaired) electrons. The van der Waals surface area contributed by atoms with Gasteiger partial charge in [-0.2, -0.15) is 0 Å². The number of carboxylic acid groups (broad SMARTS) is 1. The Morgan fingerprint density at radius 3 is 2.11 bits per heavy atom. The molecule has 0 aliphatic carbocycles. The Labute approximate surface area is 105 Å². The monoisotopic (exact) mass is 255 g/mol. The van der Waals surface area contributed by atoms with Gasteiger partial charge in [0, 0.05) is 18.1 Å². The third-order valence-corrected chi connectivity index (χ3v) is 2.54. The van der Waals surface area contributed by atoms with Crippen LogP contribution in [0.15, 0.2) is 12.1 Å². The van der Waals surface area contributed by atoms with Crippen LogP contribution in [0.2, 0.25) is 0 Å². The van der Waals surface area contributed by atoms with Crippen LogP contribution in [0, 0.1) is 0 Å². The summed E-state index contributed by atoms with van der Waals surface area (Å²) in [5.74, 6) is 0.476. The Bertz CT molecular complexity index is 433. The molecule has 0 saturated carbocycles. The van der Waals surface area contributed by atoms with Crippen LogP contribution in [-0.2, 0) is 11.2 Å². The van der Waals surface area contributed by atoms with Gasteiger partial charge in [-0.15, -0.1) is 0 Å². The second-order valence-corrected chi connectivity index (χ2v) is 3.67. The minimum absolute atomic E-state index is 0.152. The van der Waals surface area contributed by atoms with E-state index >= 15 is 0 Å². The number of benzene rings is 1. The van der Waals surface area contributed by atoms with Crippen LogP contribution in [-0.4, -0.2) is 38.4 Å². The Kier molecular flexibility index (Phi) is 4.79. The smallest absolute Gasteiger partial charge is 0.320 e. The number of carboxylic acids is 1. The first kappa shape index (κ1) is 14.1. The van der Waals surface area contributed by atoms with Crippen LogP contribution in [0.5, 0.6) is 17.2 Å². The van der Waals surface area contributed by atoms with Crippen LogP contribution < -0.4 is 19.9 Å². The van der Waals surface area contributed by atoms with E-state index in [1.54, 1.807) is 12.1 Å². The molecule has 1 aromatic rings. The number of aliphatic carboxylic acids is 1. The van der Waals surface area contributed by atoms with Crippen molar-refractivity contribution in [3.8, 4) is 17.2 Å². The van der Waals surface area contributed by atoms with E-state index in [0.717, 1.165) is 0 Å². The normalized spacial score (nSPS) is 11.8. The van der Waals surface area contributed by atoms with Gasteiger partial charge in [-0.3, -0.25) is 4.79 Å². The molecule has 18 heavy (non-hydrogen) atoms. The standard InChI is InChI=1S/C12H17NO5/c1-16-9-6-11(18-3)10(17-2)5-7(9)4-8(13)12(14)15/h5-6,8H,4,13H2,1-3H3,(H,14,15). The van der Waals surface area contributed by atoms with Crippen molar-refractivity contribution in [2.24, 2.45) is 5.73 Å². The van der Waals surface area contributed by atoms with Gasteiger partial charge in [0.25, 0.3) is 0 Å². The highest BCUT2D eigenvalue weighted by atomic mass is 16.5. The molecule has 6 nitrogen and oxygen atoms in total. The van der Waals surface area contributed by atoms with E-state index in [1.807, 2.05) is 0 Å². The van der Waals surface area contributed by atoms with E-state index in [0.29, 0.717) is 22.8 Å². The molecular formula is C12H17NO5. The van der Waals surface area contributed by atoms with Crippen molar-refractivity contribution < 1.29 is 24.1 Å². The Morgan fingerprint density at radius 2 is 1.67 bits per heavy atom. The fourth-order valence-corrected chi connectivity index (χ4v) is 1.58. The predicted octanol–water partition coefficient (Wildman–Crippen LogP) is 0.667. The van der Waals surface area contributed by atoms with E-state index in [9.17, 15) is 4.79 Å². The van der Waals surface area contributed by atoms with Crippen LogP contribution in [0.3, 0.4) is 0 Å². The Morgan fingerprint density at radius 1 is 1.17 bits per heavy atom. The molecule has 0 aliphatic rings. The Hall–Kier alpha value is -1.95. The van der Waals surface area contributed by atoms with Gasteiger partial charge < -0.3 is 25.1 Å². The summed E-state index contributed by atoms with van der Waals surface area (Å²) in [5.41, 5.74) is 6.16. The first-order chi connectivity index (χ1) is 8.53. The van der Waals surface area contributed by atoms with Crippen molar-refractivity contribution in [2.45, 2.75) is 12.5 Å². The third-order valence-electron chi connectivity index (χ3n) is 2.54. The zero-order chi connectivity index (χ0) is 13.7. The summed E-state index contributed by atoms with van der Waals surface area (Å²) in [6.07, 6.45) is 0.152. The molecule has 0 amide bonds. The van der Waals surface area contributed by atoms with E-state index in [4.69, 9.17) is 25.1 Å². The molecule has 100 valence electrons. The number of ether oxygens (including phenoxy) is 3.